The highest BCUT2D eigenvalue weighted by molar-refractivity contribution is 7.79. The predicted octanol–water partition coefficient (Wildman–Crippen LogP) is 2.31. The van der Waals surface area contributed by atoms with E-state index in [1.54, 1.807) is 18.2 Å². The van der Waals surface area contributed by atoms with Crippen LogP contribution in [0.1, 0.15) is 42.5 Å². The summed E-state index contributed by atoms with van der Waals surface area (Å²) in [5.41, 5.74) is 0.406. The first-order valence-electron chi connectivity index (χ1n) is 6.78. The van der Waals surface area contributed by atoms with E-state index in [0.717, 1.165) is 25.7 Å². The van der Waals surface area contributed by atoms with Crippen molar-refractivity contribution in [3.05, 3.63) is 29.8 Å². The highest BCUT2D eigenvalue weighted by atomic mass is 32.2. The molecule has 110 valence electrons. The molecule has 1 aliphatic carbocycles. The maximum absolute atomic E-state index is 12.0. The van der Waals surface area contributed by atoms with Gasteiger partial charge in [-0.3, -0.25) is 4.79 Å². The Morgan fingerprint density at radius 2 is 2.00 bits per heavy atom. The smallest absolute Gasteiger partial charge is 0.255 e. The van der Waals surface area contributed by atoms with Crippen molar-refractivity contribution >= 4 is 17.0 Å². The van der Waals surface area contributed by atoms with Gasteiger partial charge in [0.05, 0.1) is 11.7 Å². The molecule has 2 rings (SSSR count). The van der Waals surface area contributed by atoms with Crippen LogP contribution in [0, 0.1) is 0 Å². The molecule has 1 saturated carbocycles. The Balaban J connectivity index is 2.04. The topological polar surface area (TPSA) is 75.6 Å². The van der Waals surface area contributed by atoms with Crippen molar-refractivity contribution < 1.29 is 18.3 Å². The molecule has 1 amide bonds. The van der Waals surface area contributed by atoms with E-state index in [4.69, 9.17) is 9.29 Å². The molecular weight excluding hydrogens is 278 g/mol. The Hall–Kier alpha value is -1.40. The summed E-state index contributed by atoms with van der Waals surface area (Å²) in [6.45, 7) is 0. The summed E-state index contributed by atoms with van der Waals surface area (Å²) in [7, 11) is 0. The molecule has 1 aromatic carbocycles. The standard InChI is InChI=1S/C14H19NO4S/c16-14(15-10-20(17)18)12-8-4-5-9-13(12)19-11-6-2-1-3-7-11/h4-5,8-9,11H,1-3,6-7,10H2,(H,15,16)(H,17,18). The lowest BCUT2D eigenvalue weighted by molar-refractivity contribution is 0.0947. The zero-order valence-corrected chi connectivity index (χ0v) is 12.0. The van der Waals surface area contributed by atoms with Crippen LogP contribution in [0.5, 0.6) is 5.75 Å². The quantitative estimate of drug-likeness (QED) is 0.818. The van der Waals surface area contributed by atoms with Gasteiger partial charge in [0, 0.05) is 0 Å². The fourth-order valence-electron chi connectivity index (χ4n) is 2.34. The molecule has 0 radical (unpaired) electrons. The molecule has 1 atom stereocenters. The van der Waals surface area contributed by atoms with Crippen LogP contribution in [0.2, 0.25) is 0 Å². The molecule has 0 aromatic heterocycles. The van der Waals surface area contributed by atoms with E-state index in [1.807, 2.05) is 6.07 Å². The van der Waals surface area contributed by atoms with Gasteiger partial charge >= 0.3 is 0 Å². The average Bonchev–Trinajstić information content (AvgIpc) is 2.46. The summed E-state index contributed by atoms with van der Waals surface area (Å²) in [4.78, 5) is 12.0. The third-order valence-electron chi connectivity index (χ3n) is 3.33. The number of benzene rings is 1. The van der Waals surface area contributed by atoms with Crippen molar-refractivity contribution in [1.82, 2.24) is 5.32 Å². The van der Waals surface area contributed by atoms with E-state index in [0.29, 0.717) is 11.3 Å². The van der Waals surface area contributed by atoms with Crippen molar-refractivity contribution in [2.24, 2.45) is 0 Å². The lowest BCUT2D eigenvalue weighted by atomic mass is 9.97. The normalized spacial score (nSPS) is 17.4. The molecule has 0 aliphatic heterocycles. The minimum Gasteiger partial charge on any atom is -0.490 e. The van der Waals surface area contributed by atoms with Gasteiger partial charge < -0.3 is 14.6 Å². The Kier molecular flexibility index (Phi) is 5.55. The fraction of sp³-hybridized carbons (Fsp3) is 0.500. The van der Waals surface area contributed by atoms with Gasteiger partial charge in [-0.25, -0.2) is 4.21 Å². The molecule has 1 aliphatic rings. The van der Waals surface area contributed by atoms with Gasteiger partial charge in [0.25, 0.3) is 5.91 Å². The van der Waals surface area contributed by atoms with Gasteiger partial charge in [0.1, 0.15) is 11.6 Å². The number of rotatable bonds is 5. The first kappa shape index (κ1) is 15.0. The number of amides is 1. The van der Waals surface area contributed by atoms with E-state index in [-0.39, 0.29) is 17.9 Å². The van der Waals surface area contributed by atoms with Crippen molar-refractivity contribution in [1.29, 1.82) is 0 Å². The lowest BCUT2D eigenvalue weighted by Crippen LogP contribution is -2.28. The number of hydrogen-bond acceptors (Lipinski definition) is 3. The van der Waals surface area contributed by atoms with Crippen molar-refractivity contribution in [3.63, 3.8) is 0 Å². The minimum absolute atomic E-state index is 0.157. The second-order valence-electron chi connectivity index (χ2n) is 4.85. The number of hydrogen-bond donors (Lipinski definition) is 2. The molecule has 20 heavy (non-hydrogen) atoms. The predicted molar refractivity (Wildman–Crippen MR) is 77.0 cm³/mol. The first-order valence-corrected chi connectivity index (χ1v) is 8.06. The zero-order valence-electron chi connectivity index (χ0n) is 11.2. The third kappa shape index (κ3) is 4.31. The Labute approximate surface area is 121 Å². The van der Waals surface area contributed by atoms with Crippen LogP contribution in [0.25, 0.3) is 0 Å². The maximum Gasteiger partial charge on any atom is 0.255 e. The number of nitrogens with one attached hydrogen (secondary N) is 1. The molecule has 6 heteroatoms. The summed E-state index contributed by atoms with van der Waals surface area (Å²) in [6.07, 6.45) is 5.73. The summed E-state index contributed by atoms with van der Waals surface area (Å²) in [6, 6.07) is 6.99. The van der Waals surface area contributed by atoms with Gasteiger partial charge in [-0.05, 0) is 37.8 Å². The molecular formula is C14H19NO4S. The van der Waals surface area contributed by atoms with E-state index in [9.17, 15) is 9.00 Å². The second kappa shape index (κ2) is 7.40. The Bertz CT molecular complexity index is 486. The summed E-state index contributed by atoms with van der Waals surface area (Å²) < 4.78 is 25.2. The Morgan fingerprint density at radius 3 is 2.70 bits per heavy atom. The van der Waals surface area contributed by atoms with Gasteiger partial charge in [-0.2, -0.15) is 0 Å². The van der Waals surface area contributed by atoms with Crippen LogP contribution < -0.4 is 10.1 Å². The maximum atomic E-state index is 12.0. The Morgan fingerprint density at radius 1 is 1.30 bits per heavy atom. The number of carbonyl (C=O) groups excluding carboxylic acids is 1. The zero-order chi connectivity index (χ0) is 14.4. The van der Waals surface area contributed by atoms with Crippen LogP contribution >= 0.6 is 0 Å². The van der Waals surface area contributed by atoms with Crippen molar-refractivity contribution in [3.8, 4) is 5.75 Å². The van der Waals surface area contributed by atoms with E-state index < -0.39 is 11.1 Å². The number of carbonyl (C=O) groups is 1. The number of ether oxygens (including phenoxy) is 1. The highest BCUT2D eigenvalue weighted by Crippen LogP contribution is 2.25. The summed E-state index contributed by atoms with van der Waals surface area (Å²) in [5.74, 6) is -0.129. The van der Waals surface area contributed by atoms with E-state index >= 15 is 0 Å². The minimum atomic E-state index is -2.05. The molecule has 2 N–H and O–H groups in total. The van der Waals surface area contributed by atoms with Crippen molar-refractivity contribution in [2.75, 3.05) is 5.88 Å². The molecule has 1 aromatic rings. The van der Waals surface area contributed by atoms with Gasteiger partial charge in [0.2, 0.25) is 0 Å². The van der Waals surface area contributed by atoms with Crippen LogP contribution in [0.3, 0.4) is 0 Å². The van der Waals surface area contributed by atoms with Crippen LogP contribution in [0.4, 0.5) is 0 Å². The van der Waals surface area contributed by atoms with Gasteiger partial charge in [-0.1, -0.05) is 18.6 Å². The molecule has 0 bridgehead atoms. The van der Waals surface area contributed by atoms with Crippen LogP contribution in [-0.2, 0) is 11.1 Å². The van der Waals surface area contributed by atoms with E-state index in [2.05, 4.69) is 5.32 Å². The van der Waals surface area contributed by atoms with E-state index in [1.165, 1.54) is 6.42 Å². The number of para-hydroxylation sites is 1. The SMILES string of the molecule is O=C(NCS(=O)O)c1ccccc1OC1CCCCC1. The third-order valence-corrected chi connectivity index (χ3v) is 3.73. The molecule has 0 spiro atoms. The van der Waals surface area contributed by atoms with Gasteiger partial charge in [0.15, 0.2) is 11.1 Å². The monoisotopic (exact) mass is 297 g/mol. The average molecular weight is 297 g/mol. The highest BCUT2D eigenvalue weighted by Gasteiger charge is 2.18. The van der Waals surface area contributed by atoms with Crippen LogP contribution in [-0.4, -0.2) is 26.6 Å². The van der Waals surface area contributed by atoms with Crippen molar-refractivity contribution in [2.45, 2.75) is 38.2 Å². The molecule has 0 saturated heterocycles. The second-order valence-corrected chi connectivity index (χ2v) is 5.78. The lowest BCUT2D eigenvalue weighted by Gasteiger charge is -2.24. The largest absolute Gasteiger partial charge is 0.490 e. The molecule has 5 nitrogen and oxygen atoms in total. The first-order chi connectivity index (χ1) is 9.66. The molecule has 1 unspecified atom stereocenters. The molecule has 0 heterocycles. The summed E-state index contributed by atoms with van der Waals surface area (Å²) >= 11 is -2.05. The molecule has 1 fully saturated rings. The fourth-order valence-corrected chi connectivity index (χ4v) is 2.60. The van der Waals surface area contributed by atoms with Crippen LogP contribution in [0.15, 0.2) is 24.3 Å². The van der Waals surface area contributed by atoms with Gasteiger partial charge in [-0.15, -0.1) is 0 Å². The summed E-state index contributed by atoms with van der Waals surface area (Å²) in [5, 5.41) is 2.41.